The average molecular weight is 301 g/mol. The largest absolute Gasteiger partial charge is 0.375 e. The Kier molecular flexibility index (Phi) is 9.25. The highest BCUT2D eigenvalue weighted by atomic mass is 35.5. The smallest absolute Gasteiger partial charge is 0.238 e. The lowest BCUT2D eigenvalue weighted by atomic mass is 10.2. The van der Waals surface area contributed by atoms with Gasteiger partial charge in [-0.05, 0) is 12.1 Å². The molecule has 1 aromatic rings. The third kappa shape index (κ3) is 5.00. The zero-order valence-corrected chi connectivity index (χ0v) is 12.0. The Morgan fingerprint density at radius 3 is 2.47 bits per heavy atom. The molecule has 0 bridgehead atoms. The van der Waals surface area contributed by atoms with Crippen LogP contribution in [0.1, 0.15) is 0 Å². The summed E-state index contributed by atoms with van der Waals surface area (Å²) in [5.41, 5.74) is 6.67. The number of para-hydroxylation sites is 1. The molecular formula is C10H16Cl3N3O. The molecule has 0 spiro atoms. The quantitative estimate of drug-likeness (QED) is 0.899. The van der Waals surface area contributed by atoms with Gasteiger partial charge in [0.2, 0.25) is 5.91 Å². The zero-order valence-electron chi connectivity index (χ0n) is 9.57. The molecule has 0 fully saturated rings. The fourth-order valence-electron chi connectivity index (χ4n) is 1.27. The van der Waals surface area contributed by atoms with Crippen LogP contribution in [-0.4, -0.2) is 26.5 Å². The number of hydrogen-bond donors (Lipinski definition) is 2. The zero-order chi connectivity index (χ0) is 11.4. The van der Waals surface area contributed by atoms with Crippen LogP contribution in [0.3, 0.4) is 0 Å². The number of halogens is 3. The molecule has 0 heterocycles. The van der Waals surface area contributed by atoms with Crippen molar-refractivity contribution in [2.24, 2.45) is 5.73 Å². The molecule has 0 radical (unpaired) electrons. The standard InChI is InChI=1S/C10H14ClN3O.2ClH/c1-14(2)10-7(11)4-3-5-8(10)13-9(15)6-12;;/h3-5H,6,12H2,1-2H3,(H,13,15);2*1H. The fraction of sp³-hybridized carbons (Fsp3) is 0.300. The highest BCUT2D eigenvalue weighted by Gasteiger charge is 2.10. The molecule has 98 valence electrons. The normalized spacial score (nSPS) is 8.71. The number of benzene rings is 1. The summed E-state index contributed by atoms with van der Waals surface area (Å²) in [4.78, 5) is 13.0. The summed E-state index contributed by atoms with van der Waals surface area (Å²) in [7, 11) is 3.72. The summed E-state index contributed by atoms with van der Waals surface area (Å²) in [6.07, 6.45) is 0. The summed E-state index contributed by atoms with van der Waals surface area (Å²) < 4.78 is 0. The van der Waals surface area contributed by atoms with Gasteiger partial charge in [-0.2, -0.15) is 0 Å². The average Bonchev–Trinajstić information content (AvgIpc) is 2.17. The molecule has 0 aromatic heterocycles. The number of amides is 1. The Bertz CT molecular complexity index is 372. The number of nitrogens with one attached hydrogen (secondary N) is 1. The summed E-state index contributed by atoms with van der Waals surface area (Å²) in [5.74, 6) is -0.236. The van der Waals surface area contributed by atoms with Gasteiger partial charge in [0.15, 0.2) is 0 Å². The monoisotopic (exact) mass is 299 g/mol. The predicted molar refractivity (Wildman–Crippen MR) is 78.0 cm³/mol. The van der Waals surface area contributed by atoms with Crippen molar-refractivity contribution in [3.05, 3.63) is 23.2 Å². The van der Waals surface area contributed by atoms with E-state index >= 15 is 0 Å². The van der Waals surface area contributed by atoms with Crippen molar-refractivity contribution in [3.8, 4) is 0 Å². The second-order valence-electron chi connectivity index (χ2n) is 3.28. The number of hydrogen-bond acceptors (Lipinski definition) is 3. The molecule has 1 amide bonds. The number of anilines is 2. The third-order valence-electron chi connectivity index (χ3n) is 1.89. The van der Waals surface area contributed by atoms with Gasteiger partial charge < -0.3 is 16.0 Å². The molecule has 7 heteroatoms. The number of nitrogens with zero attached hydrogens (tertiary/aromatic N) is 1. The maximum atomic E-state index is 11.2. The van der Waals surface area contributed by atoms with Crippen LogP contribution in [0, 0.1) is 0 Å². The molecule has 3 N–H and O–H groups in total. The molecule has 4 nitrogen and oxygen atoms in total. The van der Waals surface area contributed by atoms with Crippen molar-refractivity contribution >= 4 is 53.7 Å². The van der Waals surface area contributed by atoms with Gasteiger partial charge in [0.1, 0.15) is 0 Å². The topological polar surface area (TPSA) is 58.4 Å². The number of carbonyl (C=O) groups is 1. The molecule has 0 aliphatic heterocycles. The lowest BCUT2D eigenvalue weighted by Crippen LogP contribution is -2.23. The maximum absolute atomic E-state index is 11.2. The van der Waals surface area contributed by atoms with Gasteiger partial charge in [-0.1, -0.05) is 17.7 Å². The molecule has 0 atom stereocenters. The van der Waals surface area contributed by atoms with Crippen LogP contribution in [0.4, 0.5) is 11.4 Å². The molecular weight excluding hydrogens is 284 g/mol. The molecule has 1 aromatic carbocycles. The van der Waals surface area contributed by atoms with Crippen LogP contribution in [-0.2, 0) is 4.79 Å². The molecule has 0 saturated carbocycles. The Morgan fingerprint density at radius 1 is 1.41 bits per heavy atom. The first-order valence-electron chi connectivity index (χ1n) is 4.52. The first kappa shape index (κ1) is 18.7. The molecule has 17 heavy (non-hydrogen) atoms. The molecule has 1 rings (SSSR count). The minimum Gasteiger partial charge on any atom is -0.375 e. The van der Waals surface area contributed by atoms with Gasteiger partial charge in [-0.25, -0.2) is 0 Å². The van der Waals surface area contributed by atoms with Gasteiger partial charge in [0.05, 0.1) is 22.9 Å². The van der Waals surface area contributed by atoms with E-state index in [9.17, 15) is 4.79 Å². The second-order valence-corrected chi connectivity index (χ2v) is 3.69. The Hall–Kier alpha value is -0.680. The van der Waals surface area contributed by atoms with Crippen LogP contribution in [0.15, 0.2) is 18.2 Å². The van der Waals surface area contributed by atoms with E-state index in [0.717, 1.165) is 5.69 Å². The molecule has 0 unspecified atom stereocenters. The lowest BCUT2D eigenvalue weighted by molar-refractivity contribution is -0.114. The van der Waals surface area contributed by atoms with Crippen molar-refractivity contribution in [1.82, 2.24) is 0 Å². The van der Waals surface area contributed by atoms with Crippen LogP contribution < -0.4 is 16.0 Å². The van der Waals surface area contributed by atoms with Crippen LogP contribution in [0.2, 0.25) is 5.02 Å². The molecule has 0 aliphatic carbocycles. The van der Waals surface area contributed by atoms with Crippen molar-refractivity contribution < 1.29 is 4.79 Å². The first-order chi connectivity index (χ1) is 7.06. The number of rotatable bonds is 3. The van der Waals surface area contributed by atoms with Crippen LogP contribution in [0.25, 0.3) is 0 Å². The lowest BCUT2D eigenvalue weighted by Gasteiger charge is -2.19. The Morgan fingerprint density at radius 2 is 2.00 bits per heavy atom. The van der Waals surface area contributed by atoms with E-state index in [0.29, 0.717) is 10.7 Å². The van der Waals surface area contributed by atoms with E-state index in [1.165, 1.54) is 0 Å². The van der Waals surface area contributed by atoms with Gasteiger partial charge in [-0.15, -0.1) is 24.8 Å². The molecule has 0 aliphatic rings. The summed E-state index contributed by atoms with van der Waals surface area (Å²) in [5, 5.41) is 3.28. The minimum absolute atomic E-state index is 0. The van der Waals surface area contributed by atoms with Crippen LogP contribution >= 0.6 is 36.4 Å². The minimum atomic E-state index is -0.236. The van der Waals surface area contributed by atoms with E-state index in [1.54, 1.807) is 18.2 Å². The summed E-state index contributed by atoms with van der Waals surface area (Å²) in [6, 6.07) is 5.34. The van der Waals surface area contributed by atoms with Gasteiger partial charge in [0.25, 0.3) is 0 Å². The van der Waals surface area contributed by atoms with E-state index in [-0.39, 0.29) is 37.3 Å². The highest BCUT2D eigenvalue weighted by molar-refractivity contribution is 6.34. The van der Waals surface area contributed by atoms with E-state index in [4.69, 9.17) is 17.3 Å². The predicted octanol–water partition coefficient (Wildman–Crippen LogP) is 2.15. The Balaban J connectivity index is 0. The second kappa shape index (κ2) is 8.42. The van der Waals surface area contributed by atoms with E-state index < -0.39 is 0 Å². The maximum Gasteiger partial charge on any atom is 0.238 e. The van der Waals surface area contributed by atoms with Crippen molar-refractivity contribution in [1.29, 1.82) is 0 Å². The summed E-state index contributed by atoms with van der Waals surface area (Å²) >= 11 is 6.03. The van der Waals surface area contributed by atoms with Crippen molar-refractivity contribution in [2.45, 2.75) is 0 Å². The fourth-order valence-corrected chi connectivity index (χ4v) is 1.62. The molecule has 0 saturated heterocycles. The van der Waals surface area contributed by atoms with Crippen molar-refractivity contribution in [2.75, 3.05) is 30.9 Å². The first-order valence-corrected chi connectivity index (χ1v) is 4.89. The van der Waals surface area contributed by atoms with Crippen LogP contribution in [0.5, 0.6) is 0 Å². The van der Waals surface area contributed by atoms with E-state index in [2.05, 4.69) is 5.32 Å². The summed E-state index contributed by atoms with van der Waals surface area (Å²) in [6.45, 7) is -0.0423. The number of nitrogens with two attached hydrogens (primary N) is 1. The highest BCUT2D eigenvalue weighted by Crippen LogP contribution is 2.32. The van der Waals surface area contributed by atoms with Gasteiger partial charge in [-0.3, -0.25) is 4.79 Å². The van der Waals surface area contributed by atoms with Gasteiger partial charge >= 0.3 is 0 Å². The van der Waals surface area contributed by atoms with Crippen molar-refractivity contribution in [3.63, 3.8) is 0 Å². The Labute approximate surface area is 118 Å². The van der Waals surface area contributed by atoms with E-state index in [1.807, 2.05) is 19.0 Å². The third-order valence-corrected chi connectivity index (χ3v) is 2.20. The SMILES string of the molecule is CN(C)c1c(Cl)cccc1NC(=O)CN.Cl.Cl. The number of carbonyl (C=O) groups excluding carboxylic acids is 1. The van der Waals surface area contributed by atoms with Gasteiger partial charge in [0, 0.05) is 14.1 Å².